The predicted molar refractivity (Wildman–Crippen MR) is 241 cm³/mol. The molecule has 0 amide bonds. The zero-order valence-electron chi connectivity index (χ0n) is 35.9. The highest BCUT2D eigenvalue weighted by Gasteiger charge is 2.24. The molecule has 0 unspecified atom stereocenters. The number of hydrogen-bond donors (Lipinski definition) is 0. The van der Waals surface area contributed by atoms with E-state index in [1.807, 2.05) is 0 Å². The van der Waals surface area contributed by atoms with Gasteiger partial charge in [0.05, 0.1) is 11.4 Å². The van der Waals surface area contributed by atoms with Crippen molar-refractivity contribution in [3.05, 3.63) is 166 Å². The monoisotopic (exact) mass is 726 g/mol. The fourth-order valence-electron chi connectivity index (χ4n) is 7.71. The summed E-state index contributed by atoms with van der Waals surface area (Å²) in [5, 5.41) is 0. The first-order valence-electron chi connectivity index (χ1n) is 19.9. The van der Waals surface area contributed by atoms with Gasteiger partial charge in [0.2, 0.25) is 0 Å². The largest absolute Gasteiger partial charge is 0.310 e. The van der Waals surface area contributed by atoms with Gasteiger partial charge in [-0.05, 0) is 149 Å². The second-order valence-corrected chi connectivity index (χ2v) is 18.8. The first-order chi connectivity index (χ1) is 25.7. The second kappa shape index (κ2) is 14.9. The van der Waals surface area contributed by atoms with Gasteiger partial charge in [-0.25, -0.2) is 0 Å². The molecule has 284 valence electrons. The first-order valence-corrected chi connectivity index (χ1v) is 19.9. The van der Waals surface area contributed by atoms with Crippen LogP contribution in [0.3, 0.4) is 0 Å². The second-order valence-electron chi connectivity index (χ2n) is 18.8. The SMILES string of the molecule is Cc1ccc(N(c2ccc(-c3ccc(N(c4ccc(C(C)(C)C)cc4)c4c(C)cc(C(C)(C)C)cc4C)cc3)cc2)c2c(C)cc(C(C)(C)C)cc2C)cc1. The fourth-order valence-corrected chi connectivity index (χ4v) is 7.71. The number of benzene rings is 6. The lowest BCUT2D eigenvalue weighted by atomic mass is 9.84. The van der Waals surface area contributed by atoms with Crippen LogP contribution in [-0.2, 0) is 16.2 Å². The van der Waals surface area contributed by atoms with Crippen molar-refractivity contribution >= 4 is 34.1 Å². The molecule has 0 atom stereocenters. The van der Waals surface area contributed by atoms with Gasteiger partial charge in [0.15, 0.2) is 0 Å². The minimum atomic E-state index is 0.0795. The Morgan fingerprint density at radius 2 is 0.564 bits per heavy atom. The predicted octanol–water partition coefficient (Wildman–Crippen LogP) is 15.7. The Hall–Kier alpha value is -5.08. The van der Waals surface area contributed by atoms with Gasteiger partial charge < -0.3 is 9.80 Å². The van der Waals surface area contributed by atoms with Gasteiger partial charge >= 0.3 is 0 Å². The topological polar surface area (TPSA) is 6.48 Å². The van der Waals surface area contributed by atoms with Gasteiger partial charge in [-0.3, -0.25) is 0 Å². The number of aryl methyl sites for hydroxylation is 5. The Kier molecular flexibility index (Phi) is 10.7. The van der Waals surface area contributed by atoms with Crippen LogP contribution in [0.5, 0.6) is 0 Å². The fraction of sp³-hybridized carbons (Fsp3) is 0.321. The molecule has 0 bridgehead atoms. The molecular weight excluding hydrogens is 665 g/mol. The molecule has 0 heterocycles. The summed E-state index contributed by atoms with van der Waals surface area (Å²) in [6.45, 7) is 31.7. The third-order valence-corrected chi connectivity index (χ3v) is 11.0. The van der Waals surface area contributed by atoms with Crippen LogP contribution in [0.2, 0.25) is 0 Å². The lowest BCUT2D eigenvalue weighted by molar-refractivity contribution is 0.589. The lowest BCUT2D eigenvalue weighted by Gasteiger charge is -2.31. The van der Waals surface area contributed by atoms with Gasteiger partial charge in [-0.15, -0.1) is 0 Å². The van der Waals surface area contributed by atoms with Crippen molar-refractivity contribution in [2.75, 3.05) is 9.80 Å². The molecular formula is C53H62N2. The van der Waals surface area contributed by atoms with Crippen molar-refractivity contribution in [3.63, 3.8) is 0 Å². The molecule has 0 saturated heterocycles. The maximum atomic E-state index is 2.44. The highest BCUT2D eigenvalue weighted by Crippen LogP contribution is 2.44. The average Bonchev–Trinajstić information content (AvgIpc) is 3.11. The number of nitrogens with zero attached hydrogens (tertiary/aromatic N) is 2. The van der Waals surface area contributed by atoms with Crippen molar-refractivity contribution in [1.82, 2.24) is 0 Å². The molecule has 6 aromatic carbocycles. The van der Waals surface area contributed by atoms with Gasteiger partial charge in [-0.1, -0.05) is 141 Å². The van der Waals surface area contributed by atoms with E-state index in [-0.39, 0.29) is 16.2 Å². The number of rotatable bonds is 7. The molecule has 0 aromatic heterocycles. The standard InChI is InChI=1S/C53H62N2/c1-35-15-23-45(24-16-35)54(49-36(2)31-43(32-37(49)3)52(9,10)11)46-25-17-40(18-26-46)41-19-27-47(28-20-41)55(48-29-21-42(22-30-48)51(6,7)8)50-38(4)33-44(34-39(50)5)53(12,13)14/h15-34H,1-14H3. The molecule has 6 rings (SSSR count). The van der Waals surface area contributed by atoms with Crippen LogP contribution in [0.15, 0.2) is 121 Å². The van der Waals surface area contributed by atoms with Crippen LogP contribution in [-0.4, -0.2) is 0 Å². The third-order valence-electron chi connectivity index (χ3n) is 11.0. The lowest BCUT2D eigenvalue weighted by Crippen LogP contribution is -2.17. The maximum Gasteiger partial charge on any atom is 0.0520 e. The zero-order valence-corrected chi connectivity index (χ0v) is 35.9. The first kappa shape index (κ1) is 39.6. The summed E-state index contributed by atoms with van der Waals surface area (Å²) < 4.78 is 0. The van der Waals surface area contributed by atoms with E-state index in [9.17, 15) is 0 Å². The van der Waals surface area contributed by atoms with E-state index in [4.69, 9.17) is 0 Å². The van der Waals surface area contributed by atoms with Gasteiger partial charge in [0, 0.05) is 22.7 Å². The molecule has 0 aliphatic heterocycles. The van der Waals surface area contributed by atoms with Crippen molar-refractivity contribution in [2.45, 2.75) is 113 Å². The van der Waals surface area contributed by atoms with Crippen molar-refractivity contribution in [1.29, 1.82) is 0 Å². The molecule has 0 aliphatic carbocycles. The molecule has 0 aliphatic rings. The van der Waals surface area contributed by atoms with Gasteiger partial charge in [-0.2, -0.15) is 0 Å². The zero-order chi connectivity index (χ0) is 40.0. The van der Waals surface area contributed by atoms with Crippen molar-refractivity contribution in [3.8, 4) is 11.1 Å². The number of hydrogen-bond acceptors (Lipinski definition) is 2. The highest BCUT2D eigenvalue weighted by molar-refractivity contribution is 5.84. The Bertz CT molecular complexity index is 2220. The van der Waals surface area contributed by atoms with E-state index in [1.165, 1.54) is 67.0 Å². The van der Waals surface area contributed by atoms with Crippen LogP contribution in [0.4, 0.5) is 34.1 Å². The van der Waals surface area contributed by atoms with Crippen LogP contribution >= 0.6 is 0 Å². The van der Waals surface area contributed by atoms with Crippen molar-refractivity contribution < 1.29 is 0 Å². The van der Waals surface area contributed by atoms with Crippen LogP contribution in [0.25, 0.3) is 11.1 Å². The molecule has 0 fully saturated rings. The van der Waals surface area contributed by atoms with E-state index < -0.39 is 0 Å². The summed E-state index contributed by atoms with van der Waals surface area (Å²) in [5.41, 5.74) is 20.2. The molecule has 6 aromatic rings. The average molecular weight is 727 g/mol. The van der Waals surface area contributed by atoms with E-state index in [0.717, 1.165) is 22.7 Å². The van der Waals surface area contributed by atoms with Crippen LogP contribution < -0.4 is 9.80 Å². The van der Waals surface area contributed by atoms with Crippen LogP contribution in [0, 0.1) is 34.6 Å². The molecule has 2 nitrogen and oxygen atoms in total. The maximum absolute atomic E-state index is 2.44. The Morgan fingerprint density at radius 1 is 0.309 bits per heavy atom. The Balaban J connectivity index is 1.39. The summed E-state index contributed by atoms with van der Waals surface area (Å²) in [5.74, 6) is 0. The summed E-state index contributed by atoms with van der Waals surface area (Å²) >= 11 is 0. The smallest absolute Gasteiger partial charge is 0.0520 e. The minimum absolute atomic E-state index is 0.0795. The van der Waals surface area contributed by atoms with E-state index >= 15 is 0 Å². The van der Waals surface area contributed by atoms with Crippen LogP contribution in [0.1, 0.15) is 107 Å². The molecule has 0 spiro atoms. The van der Waals surface area contributed by atoms with Crippen molar-refractivity contribution in [2.24, 2.45) is 0 Å². The summed E-state index contributed by atoms with van der Waals surface area (Å²) in [4.78, 5) is 4.85. The molecule has 0 saturated carbocycles. The van der Waals surface area contributed by atoms with Gasteiger partial charge in [0.25, 0.3) is 0 Å². The summed E-state index contributed by atoms with van der Waals surface area (Å²) in [6, 6.07) is 45.7. The normalized spacial score (nSPS) is 12.2. The summed E-state index contributed by atoms with van der Waals surface area (Å²) in [6.07, 6.45) is 0. The molecule has 2 heteroatoms. The highest BCUT2D eigenvalue weighted by atomic mass is 15.2. The Labute approximate surface area is 332 Å². The summed E-state index contributed by atoms with van der Waals surface area (Å²) in [7, 11) is 0. The molecule has 0 N–H and O–H groups in total. The van der Waals surface area contributed by atoms with Gasteiger partial charge in [0.1, 0.15) is 0 Å². The van der Waals surface area contributed by atoms with E-state index in [0.29, 0.717) is 0 Å². The number of anilines is 6. The molecule has 55 heavy (non-hydrogen) atoms. The van der Waals surface area contributed by atoms with E-state index in [2.05, 4.69) is 228 Å². The quantitative estimate of drug-likeness (QED) is 0.162. The van der Waals surface area contributed by atoms with E-state index in [1.54, 1.807) is 0 Å². The minimum Gasteiger partial charge on any atom is -0.310 e. The molecule has 0 radical (unpaired) electrons. The Morgan fingerprint density at radius 3 is 0.836 bits per heavy atom. The third kappa shape index (κ3) is 8.45.